The van der Waals surface area contributed by atoms with E-state index in [1.165, 1.54) is 0 Å². The Bertz CT molecular complexity index is 802. The molecule has 0 aliphatic heterocycles. The van der Waals surface area contributed by atoms with Crippen LogP contribution >= 0.6 is 11.6 Å². The van der Waals surface area contributed by atoms with Crippen LogP contribution in [0.3, 0.4) is 0 Å². The molecule has 0 bridgehead atoms. The Kier molecular flexibility index (Phi) is 5.57. The Balaban J connectivity index is 1.78. The number of carboxylic acid groups (broad SMARTS) is 1. The summed E-state index contributed by atoms with van der Waals surface area (Å²) in [5.41, 5.74) is 0.975. The summed E-state index contributed by atoms with van der Waals surface area (Å²) in [5, 5.41) is 12.7. The van der Waals surface area contributed by atoms with Gasteiger partial charge in [0.1, 0.15) is 0 Å². The van der Waals surface area contributed by atoms with Gasteiger partial charge in [-0.2, -0.15) is 0 Å². The van der Waals surface area contributed by atoms with E-state index >= 15 is 0 Å². The molecule has 0 atom stereocenters. The number of hydrogen-bond donors (Lipinski definition) is 2. The number of aliphatic carboxylic acids is 1. The fourth-order valence-electron chi connectivity index (χ4n) is 3.43. The van der Waals surface area contributed by atoms with Gasteiger partial charge in [-0.25, -0.2) is 0 Å². The van der Waals surface area contributed by atoms with Crippen LogP contribution in [0.25, 0.3) is 11.3 Å². The molecule has 3 rings (SSSR count). The average molecular weight is 373 g/mol. The summed E-state index contributed by atoms with van der Waals surface area (Å²) in [5.74, 6) is -1.20. The molecule has 0 radical (unpaired) electrons. The van der Waals surface area contributed by atoms with Crippen LogP contribution in [0.5, 0.6) is 0 Å². The van der Waals surface area contributed by atoms with Gasteiger partial charge in [0.15, 0.2) is 0 Å². The second kappa shape index (κ2) is 7.87. The number of rotatable bonds is 5. The maximum atomic E-state index is 12.6. The van der Waals surface area contributed by atoms with Crippen molar-refractivity contribution >= 4 is 23.5 Å². The molecule has 0 saturated heterocycles. The van der Waals surface area contributed by atoms with Crippen molar-refractivity contribution in [3.63, 3.8) is 0 Å². The third kappa shape index (κ3) is 3.88. The first-order valence-corrected chi connectivity index (χ1v) is 9.12. The molecule has 0 spiro atoms. The number of carboxylic acids is 1. The zero-order valence-corrected chi connectivity index (χ0v) is 15.1. The fourth-order valence-corrected chi connectivity index (χ4v) is 3.64. The number of carbonyl (C=O) groups is 2. The van der Waals surface area contributed by atoms with Crippen LogP contribution in [0.4, 0.5) is 0 Å². The number of carbonyl (C=O) groups excluding carboxylic acids is 1. The number of hydrogen-bond acceptors (Lipinski definition) is 3. The SMILES string of the molecule is O=C(NCC1(C(=O)O)CCCCC1)c1cc(-c2ccccn2)ccc1Cl. The highest BCUT2D eigenvalue weighted by Crippen LogP contribution is 2.36. The Morgan fingerprint density at radius 2 is 1.92 bits per heavy atom. The number of benzene rings is 1. The van der Waals surface area contributed by atoms with Gasteiger partial charge in [0.2, 0.25) is 0 Å². The van der Waals surface area contributed by atoms with E-state index in [0.29, 0.717) is 23.4 Å². The van der Waals surface area contributed by atoms with Gasteiger partial charge >= 0.3 is 5.97 Å². The quantitative estimate of drug-likeness (QED) is 0.825. The van der Waals surface area contributed by atoms with Crippen molar-refractivity contribution in [3.05, 3.63) is 53.2 Å². The topological polar surface area (TPSA) is 79.3 Å². The smallest absolute Gasteiger partial charge is 0.311 e. The number of pyridine rings is 1. The first-order valence-electron chi connectivity index (χ1n) is 8.74. The normalized spacial score (nSPS) is 16.0. The fraction of sp³-hybridized carbons (Fsp3) is 0.350. The first-order chi connectivity index (χ1) is 12.5. The van der Waals surface area contributed by atoms with Gasteiger partial charge in [0.05, 0.1) is 21.7 Å². The second-order valence-electron chi connectivity index (χ2n) is 6.74. The van der Waals surface area contributed by atoms with Crippen molar-refractivity contribution < 1.29 is 14.7 Å². The second-order valence-corrected chi connectivity index (χ2v) is 7.15. The molecule has 136 valence electrons. The van der Waals surface area contributed by atoms with Crippen molar-refractivity contribution in [2.45, 2.75) is 32.1 Å². The molecule has 1 saturated carbocycles. The van der Waals surface area contributed by atoms with Gasteiger partial charge in [-0.3, -0.25) is 14.6 Å². The van der Waals surface area contributed by atoms with E-state index in [9.17, 15) is 14.7 Å². The minimum absolute atomic E-state index is 0.116. The van der Waals surface area contributed by atoms with Crippen molar-refractivity contribution in [2.75, 3.05) is 6.54 Å². The van der Waals surface area contributed by atoms with E-state index in [4.69, 9.17) is 11.6 Å². The molecule has 1 aromatic carbocycles. The highest BCUT2D eigenvalue weighted by atomic mass is 35.5. The molecule has 0 unspecified atom stereocenters. The van der Waals surface area contributed by atoms with Gasteiger partial charge in [-0.05, 0) is 37.1 Å². The molecule has 1 aliphatic rings. The predicted molar refractivity (Wildman–Crippen MR) is 100 cm³/mol. The van der Waals surface area contributed by atoms with Crippen molar-refractivity contribution in [1.82, 2.24) is 10.3 Å². The summed E-state index contributed by atoms with van der Waals surface area (Å²) in [6, 6.07) is 10.7. The summed E-state index contributed by atoms with van der Waals surface area (Å²) in [4.78, 5) is 28.7. The molecule has 1 aromatic heterocycles. The summed E-state index contributed by atoms with van der Waals surface area (Å²) in [6.45, 7) is 0.116. The lowest BCUT2D eigenvalue weighted by atomic mass is 9.74. The summed E-state index contributed by atoms with van der Waals surface area (Å²) in [7, 11) is 0. The van der Waals surface area contributed by atoms with E-state index in [-0.39, 0.29) is 12.5 Å². The molecular weight excluding hydrogens is 352 g/mol. The van der Waals surface area contributed by atoms with E-state index in [2.05, 4.69) is 10.3 Å². The van der Waals surface area contributed by atoms with Gasteiger partial charge in [-0.1, -0.05) is 43.0 Å². The van der Waals surface area contributed by atoms with E-state index in [1.807, 2.05) is 18.2 Å². The van der Waals surface area contributed by atoms with Crippen molar-refractivity contribution in [3.8, 4) is 11.3 Å². The van der Waals surface area contributed by atoms with Gasteiger partial charge in [0.25, 0.3) is 5.91 Å². The lowest BCUT2D eigenvalue weighted by molar-refractivity contribution is -0.150. The minimum atomic E-state index is -0.876. The lowest BCUT2D eigenvalue weighted by Gasteiger charge is -2.33. The molecule has 1 aliphatic carbocycles. The van der Waals surface area contributed by atoms with E-state index in [0.717, 1.165) is 30.5 Å². The van der Waals surface area contributed by atoms with E-state index < -0.39 is 11.4 Å². The molecular formula is C20H21ClN2O3. The van der Waals surface area contributed by atoms with Crippen LogP contribution in [-0.2, 0) is 4.79 Å². The van der Waals surface area contributed by atoms with Crippen LogP contribution in [0, 0.1) is 5.41 Å². The largest absolute Gasteiger partial charge is 0.481 e. The van der Waals surface area contributed by atoms with Crippen LogP contribution in [0.15, 0.2) is 42.6 Å². The molecule has 2 N–H and O–H groups in total. The number of amides is 1. The summed E-state index contributed by atoms with van der Waals surface area (Å²) >= 11 is 6.20. The highest BCUT2D eigenvalue weighted by Gasteiger charge is 2.39. The van der Waals surface area contributed by atoms with E-state index in [1.54, 1.807) is 24.4 Å². The number of nitrogens with one attached hydrogen (secondary N) is 1. The van der Waals surface area contributed by atoms with Crippen LogP contribution in [0.2, 0.25) is 5.02 Å². The zero-order valence-electron chi connectivity index (χ0n) is 14.4. The Hall–Kier alpha value is -2.40. The molecule has 5 nitrogen and oxygen atoms in total. The number of aromatic nitrogens is 1. The minimum Gasteiger partial charge on any atom is -0.481 e. The first kappa shape index (κ1) is 18.4. The van der Waals surface area contributed by atoms with Crippen LogP contribution < -0.4 is 5.32 Å². The molecule has 1 amide bonds. The molecule has 1 fully saturated rings. The third-order valence-electron chi connectivity index (χ3n) is 5.02. The zero-order chi connectivity index (χ0) is 18.6. The third-order valence-corrected chi connectivity index (χ3v) is 5.35. The maximum Gasteiger partial charge on any atom is 0.311 e. The van der Waals surface area contributed by atoms with Crippen LogP contribution in [0.1, 0.15) is 42.5 Å². The van der Waals surface area contributed by atoms with Crippen LogP contribution in [-0.4, -0.2) is 28.5 Å². The predicted octanol–water partition coefficient (Wildman–Crippen LogP) is 4.17. The lowest BCUT2D eigenvalue weighted by Crippen LogP contribution is -2.44. The van der Waals surface area contributed by atoms with Gasteiger partial charge < -0.3 is 10.4 Å². The van der Waals surface area contributed by atoms with Gasteiger partial charge in [0, 0.05) is 18.3 Å². The van der Waals surface area contributed by atoms with Crippen molar-refractivity contribution in [1.29, 1.82) is 0 Å². The monoisotopic (exact) mass is 372 g/mol. The molecule has 2 aromatic rings. The Labute approximate surface area is 157 Å². The molecule has 6 heteroatoms. The average Bonchev–Trinajstić information content (AvgIpc) is 2.68. The van der Waals surface area contributed by atoms with Crippen molar-refractivity contribution in [2.24, 2.45) is 5.41 Å². The highest BCUT2D eigenvalue weighted by molar-refractivity contribution is 6.34. The molecule has 1 heterocycles. The maximum absolute atomic E-state index is 12.6. The molecule has 26 heavy (non-hydrogen) atoms. The standard InChI is InChI=1S/C20H21ClN2O3/c21-16-8-7-14(17-6-2-5-11-22-17)12-15(16)18(24)23-13-20(19(25)26)9-3-1-4-10-20/h2,5-8,11-12H,1,3-4,9-10,13H2,(H,23,24)(H,25,26). The summed E-state index contributed by atoms with van der Waals surface area (Å²) < 4.78 is 0. The Morgan fingerprint density at radius 1 is 1.15 bits per heavy atom. The summed E-state index contributed by atoms with van der Waals surface area (Å²) in [6.07, 6.45) is 5.65. The number of halogens is 1. The Morgan fingerprint density at radius 3 is 2.58 bits per heavy atom. The number of nitrogens with zero attached hydrogens (tertiary/aromatic N) is 1. The van der Waals surface area contributed by atoms with Gasteiger partial charge in [-0.15, -0.1) is 0 Å².